The van der Waals surface area contributed by atoms with Crippen LogP contribution in [0.1, 0.15) is 11.1 Å². The Morgan fingerprint density at radius 3 is 2.11 bits per heavy atom. The first-order valence-corrected chi connectivity index (χ1v) is 5.56. The number of hydrogen-bond donors (Lipinski definition) is 0. The first kappa shape index (κ1) is 11.7. The largest absolute Gasteiger partial charge is 0.188 e. The summed E-state index contributed by atoms with van der Waals surface area (Å²) in [6.07, 6.45) is 5.44. The van der Waals surface area contributed by atoms with E-state index in [2.05, 4.69) is 22.9 Å². The van der Waals surface area contributed by atoms with E-state index in [1.165, 1.54) is 0 Å². The number of terminal acetylenes is 1. The number of benzene rings is 2. The molecule has 1 heteroatoms. The Hall–Kier alpha value is -2.77. The second-order valence-corrected chi connectivity index (χ2v) is 3.57. The molecule has 0 radical (unpaired) electrons. The molecular weight excluding hydrogens is 218 g/mol. The highest BCUT2D eigenvalue weighted by molar-refractivity contribution is 6.13. The average Bonchev–Trinajstić information content (AvgIpc) is 2.46. The van der Waals surface area contributed by atoms with Gasteiger partial charge in [-0.2, -0.15) is 4.99 Å². The molecule has 0 atom stereocenters. The van der Waals surface area contributed by atoms with Crippen LogP contribution < -0.4 is 0 Å². The van der Waals surface area contributed by atoms with Gasteiger partial charge in [-0.25, -0.2) is 0 Å². The highest BCUT2D eigenvalue weighted by Gasteiger charge is 1.96. The summed E-state index contributed by atoms with van der Waals surface area (Å²) in [4.78, 5) is 4.13. The Labute approximate surface area is 107 Å². The first-order chi connectivity index (χ1) is 8.90. The second kappa shape index (κ2) is 6.09. The molecule has 0 bridgehead atoms. The number of nitrogens with zero attached hydrogens (tertiary/aromatic N) is 1. The van der Waals surface area contributed by atoms with Crippen molar-refractivity contribution in [3.05, 3.63) is 71.8 Å². The van der Waals surface area contributed by atoms with Crippen LogP contribution in [0.15, 0.2) is 65.7 Å². The van der Waals surface area contributed by atoms with Crippen molar-refractivity contribution in [2.75, 3.05) is 0 Å². The fourth-order valence-corrected chi connectivity index (χ4v) is 1.45. The maximum Gasteiger partial charge on any atom is 0.130 e. The molecule has 0 saturated carbocycles. The van der Waals surface area contributed by atoms with E-state index in [0.29, 0.717) is 5.71 Å². The van der Waals surface area contributed by atoms with Crippen LogP contribution in [0.4, 0.5) is 0 Å². The van der Waals surface area contributed by atoms with E-state index in [0.717, 1.165) is 11.1 Å². The average molecular weight is 229 g/mol. The minimum absolute atomic E-state index is 0.555. The van der Waals surface area contributed by atoms with Crippen molar-refractivity contribution < 1.29 is 0 Å². The zero-order valence-corrected chi connectivity index (χ0v) is 9.80. The lowest BCUT2D eigenvalue weighted by Gasteiger charge is -1.94. The summed E-state index contributed by atoms with van der Waals surface area (Å²) in [5, 5.41) is 0. The molecule has 0 saturated heterocycles. The van der Waals surface area contributed by atoms with E-state index >= 15 is 0 Å². The van der Waals surface area contributed by atoms with Gasteiger partial charge in [0.15, 0.2) is 0 Å². The van der Waals surface area contributed by atoms with Gasteiger partial charge >= 0.3 is 0 Å². The van der Waals surface area contributed by atoms with Gasteiger partial charge in [0, 0.05) is 17.2 Å². The molecular formula is C17H11N. The molecule has 0 aliphatic heterocycles. The maximum atomic E-state index is 5.44. The van der Waals surface area contributed by atoms with Crippen molar-refractivity contribution in [1.82, 2.24) is 0 Å². The predicted octanol–water partition coefficient (Wildman–Crippen LogP) is 3.12. The minimum atomic E-state index is 0.555. The minimum Gasteiger partial charge on any atom is -0.188 e. The molecule has 0 spiro atoms. The van der Waals surface area contributed by atoms with E-state index in [1.807, 2.05) is 60.7 Å². The second-order valence-electron chi connectivity index (χ2n) is 3.57. The zero-order chi connectivity index (χ0) is 12.6. The molecule has 2 aromatic rings. The Bertz CT molecular complexity index is 635. The number of hydrogen-bond acceptors (Lipinski definition) is 1. The third kappa shape index (κ3) is 3.11. The topological polar surface area (TPSA) is 12.4 Å². The fourth-order valence-electron chi connectivity index (χ4n) is 1.45. The van der Waals surface area contributed by atoms with Crippen molar-refractivity contribution in [2.24, 2.45) is 4.99 Å². The van der Waals surface area contributed by atoms with Crippen LogP contribution in [0.3, 0.4) is 0 Å². The van der Waals surface area contributed by atoms with E-state index in [9.17, 15) is 0 Å². The molecule has 0 aliphatic rings. The molecule has 0 fully saturated rings. The highest BCUT2D eigenvalue weighted by Crippen LogP contribution is 2.00. The molecule has 18 heavy (non-hydrogen) atoms. The molecule has 0 aliphatic carbocycles. The fraction of sp³-hybridized carbons (Fsp3) is 0. The Kier molecular flexibility index (Phi) is 3.96. The molecule has 0 aromatic heterocycles. The third-order valence-corrected chi connectivity index (χ3v) is 2.33. The molecule has 0 amide bonds. The van der Waals surface area contributed by atoms with Crippen LogP contribution in [0.5, 0.6) is 0 Å². The Balaban J connectivity index is 2.24. The molecule has 0 unspecified atom stereocenters. The monoisotopic (exact) mass is 229 g/mol. The zero-order valence-electron chi connectivity index (χ0n) is 9.80. The maximum absolute atomic E-state index is 5.44. The van der Waals surface area contributed by atoms with Crippen molar-refractivity contribution in [3.8, 4) is 24.3 Å². The van der Waals surface area contributed by atoms with Gasteiger partial charge in [0.25, 0.3) is 0 Å². The number of aliphatic imine (C=N–C) groups is 1. The van der Waals surface area contributed by atoms with Crippen molar-refractivity contribution in [1.29, 1.82) is 0 Å². The van der Waals surface area contributed by atoms with E-state index in [-0.39, 0.29) is 0 Å². The van der Waals surface area contributed by atoms with Gasteiger partial charge in [-0.1, -0.05) is 48.5 Å². The van der Waals surface area contributed by atoms with Crippen LogP contribution >= 0.6 is 0 Å². The summed E-state index contributed by atoms with van der Waals surface area (Å²) < 4.78 is 0. The summed E-state index contributed by atoms with van der Waals surface area (Å²) in [7, 11) is 0. The van der Waals surface area contributed by atoms with E-state index in [1.54, 1.807) is 0 Å². The van der Waals surface area contributed by atoms with Crippen LogP contribution in [-0.2, 0) is 0 Å². The van der Waals surface area contributed by atoms with Crippen molar-refractivity contribution >= 4 is 5.71 Å². The van der Waals surface area contributed by atoms with Gasteiger partial charge in [-0.3, -0.25) is 0 Å². The lowest BCUT2D eigenvalue weighted by molar-refractivity contribution is 1.59. The predicted molar refractivity (Wildman–Crippen MR) is 75.1 cm³/mol. The standard InChI is InChI=1S/C17H11N/c1-2-17(16-11-7-4-8-12-16)18-14-13-15-9-5-3-6-10-15/h1,3-12H. The third-order valence-electron chi connectivity index (χ3n) is 2.33. The summed E-state index contributed by atoms with van der Waals surface area (Å²) in [6.45, 7) is 0. The van der Waals surface area contributed by atoms with E-state index in [4.69, 9.17) is 6.42 Å². The quantitative estimate of drug-likeness (QED) is 0.526. The van der Waals surface area contributed by atoms with Gasteiger partial charge < -0.3 is 0 Å². The van der Waals surface area contributed by atoms with Crippen molar-refractivity contribution in [3.63, 3.8) is 0 Å². The molecule has 0 N–H and O–H groups in total. The van der Waals surface area contributed by atoms with Gasteiger partial charge in [-0.15, -0.1) is 6.42 Å². The highest BCUT2D eigenvalue weighted by atomic mass is 14.7. The number of rotatable bonds is 1. The normalized spacial score (nSPS) is 10.1. The van der Waals surface area contributed by atoms with Gasteiger partial charge in [0.2, 0.25) is 0 Å². The lowest BCUT2D eigenvalue weighted by atomic mass is 10.1. The van der Waals surface area contributed by atoms with Crippen molar-refractivity contribution in [2.45, 2.75) is 0 Å². The van der Waals surface area contributed by atoms with Crippen LogP contribution in [-0.4, -0.2) is 5.71 Å². The molecule has 84 valence electrons. The smallest absolute Gasteiger partial charge is 0.130 e. The summed E-state index contributed by atoms with van der Waals surface area (Å²) in [5.41, 5.74) is 2.38. The Morgan fingerprint density at radius 2 is 1.50 bits per heavy atom. The SMILES string of the molecule is C#CC(=NC#Cc1ccccc1)c1ccccc1. The van der Waals surface area contributed by atoms with Gasteiger partial charge in [0.1, 0.15) is 5.71 Å². The first-order valence-electron chi connectivity index (χ1n) is 5.56. The van der Waals surface area contributed by atoms with Crippen LogP contribution in [0.2, 0.25) is 0 Å². The van der Waals surface area contributed by atoms with Gasteiger partial charge in [-0.05, 0) is 24.0 Å². The van der Waals surface area contributed by atoms with Crippen LogP contribution in [0.25, 0.3) is 0 Å². The molecule has 2 aromatic carbocycles. The van der Waals surface area contributed by atoms with Crippen LogP contribution in [0, 0.1) is 24.3 Å². The lowest BCUT2D eigenvalue weighted by Crippen LogP contribution is -1.95. The summed E-state index contributed by atoms with van der Waals surface area (Å²) in [6, 6.07) is 22.1. The summed E-state index contributed by atoms with van der Waals surface area (Å²) >= 11 is 0. The molecule has 1 nitrogen and oxygen atoms in total. The molecule has 2 rings (SSSR count). The Morgan fingerprint density at radius 1 is 0.889 bits per heavy atom. The summed E-state index contributed by atoms with van der Waals surface area (Å²) in [5.74, 6) is 5.50. The van der Waals surface area contributed by atoms with E-state index < -0.39 is 0 Å². The molecule has 0 heterocycles. The van der Waals surface area contributed by atoms with Gasteiger partial charge in [0.05, 0.1) is 0 Å².